The van der Waals surface area contributed by atoms with Crippen molar-refractivity contribution in [2.45, 2.75) is 44.7 Å². The Kier molecular flexibility index (Phi) is 5.33. The fourth-order valence-electron chi connectivity index (χ4n) is 3.16. The normalized spacial score (nSPS) is 30.0. The van der Waals surface area contributed by atoms with Gasteiger partial charge in [0.15, 0.2) is 0 Å². The van der Waals surface area contributed by atoms with Crippen molar-refractivity contribution in [3.63, 3.8) is 0 Å². The molecule has 2 aliphatic heterocycles. The molecule has 0 aromatic rings. The van der Waals surface area contributed by atoms with Crippen molar-refractivity contribution >= 4 is 0 Å². The first-order valence-corrected chi connectivity index (χ1v) is 7.04. The highest BCUT2D eigenvalue weighted by Crippen LogP contribution is 2.25. The summed E-state index contributed by atoms with van der Waals surface area (Å²) in [7, 11) is 0. The van der Waals surface area contributed by atoms with E-state index in [9.17, 15) is 8.78 Å². The standard InChI is InChI=1S/C13H24F2N2O/c1-2-11-8-16-5-3-4-12(16)9-17(11)6-7-18-10-13(14)15/h11-13H,2-10H2,1H3. The van der Waals surface area contributed by atoms with Crippen molar-refractivity contribution in [3.8, 4) is 0 Å². The molecule has 0 bridgehead atoms. The van der Waals surface area contributed by atoms with Crippen LogP contribution in [0.4, 0.5) is 8.78 Å². The minimum Gasteiger partial charge on any atom is -0.374 e. The van der Waals surface area contributed by atoms with Gasteiger partial charge in [0.05, 0.1) is 6.61 Å². The summed E-state index contributed by atoms with van der Waals surface area (Å²) < 4.78 is 28.9. The van der Waals surface area contributed by atoms with Gasteiger partial charge >= 0.3 is 0 Å². The molecule has 2 unspecified atom stereocenters. The molecular formula is C13H24F2N2O. The Balaban J connectivity index is 1.75. The molecule has 0 aromatic carbocycles. The van der Waals surface area contributed by atoms with Gasteiger partial charge in [0.2, 0.25) is 0 Å². The molecule has 0 radical (unpaired) electrons. The van der Waals surface area contributed by atoms with Crippen molar-refractivity contribution in [2.75, 3.05) is 39.4 Å². The van der Waals surface area contributed by atoms with Crippen LogP contribution in [0.5, 0.6) is 0 Å². The number of ether oxygens (including phenoxy) is 1. The van der Waals surface area contributed by atoms with E-state index in [4.69, 9.17) is 4.74 Å². The van der Waals surface area contributed by atoms with E-state index < -0.39 is 13.0 Å². The Morgan fingerprint density at radius 1 is 1.33 bits per heavy atom. The van der Waals surface area contributed by atoms with Crippen molar-refractivity contribution in [3.05, 3.63) is 0 Å². The molecule has 2 fully saturated rings. The second-order valence-electron chi connectivity index (χ2n) is 5.31. The highest BCUT2D eigenvalue weighted by Gasteiger charge is 2.35. The summed E-state index contributed by atoms with van der Waals surface area (Å²) in [6, 6.07) is 1.25. The molecule has 0 spiro atoms. The van der Waals surface area contributed by atoms with Crippen molar-refractivity contribution in [1.29, 1.82) is 0 Å². The van der Waals surface area contributed by atoms with Crippen LogP contribution in [0.3, 0.4) is 0 Å². The van der Waals surface area contributed by atoms with Gasteiger partial charge in [0.1, 0.15) is 6.61 Å². The molecule has 2 aliphatic rings. The van der Waals surface area contributed by atoms with Crippen molar-refractivity contribution < 1.29 is 13.5 Å². The third-order valence-electron chi connectivity index (χ3n) is 4.14. The number of nitrogens with zero attached hydrogens (tertiary/aromatic N) is 2. The van der Waals surface area contributed by atoms with Crippen LogP contribution in [0.1, 0.15) is 26.2 Å². The maximum atomic E-state index is 12.0. The lowest BCUT2D eigenvalue weighted by Crippen LogP contribution is -2.56. The van der Waals surface area contributed by atoms with Gasteiger partial charge in [-0.25, -0.2) is 8.78 Å². The fraction of sp³-hybridized carbons (Fsp3) is 1.00. The van der Waals surface area contributed by atoms with Crippen LogP contribution in [0.25, 0.3) is 0 Å². The van der Waals surface area contributed by atoms with E-state index in [1.165, 1.54) is 19.4 Å². The van der Waals surface area contributed by atoms with E-state index in [1.807, 2.05) is 0 Å². The largest absolute Gasteiger partial charge is 0.374 e. The molecule has 106 valence electrons. The van der Waals surface area contributed by atoms with Gasteiger partial charge in [0, 0.05) is 31.7 Å². The van der Waals surface area contributed by atoms with Gasteiger partial charge in [-0.2, -0.15) is 0 Å². The summed E-state index contributed by atoms with van der Waals surface area (Å²) in [5, 5.41) is 0. The summed E-state index contributed by atoms with van der Waals surface area (Å²) in [6.45, 7) is 6.43. The minimum atomic E-state index is -2.35. The molecule has 18 heavy (non-hydrogen) atoms. The maximum Gasteiger partial charge on any atom is 0.261 e. The Bertz CT molecular complexity index is 253. The lowest BCUT2D eigenvalue weighted by molar-refractivity contribution is -0.0103. The van der Waals surface area contributed by atoms with Crippen LogP contribution in [0, 0.1) is 0 Å². The molecule has 2 atom stereocenters. The fourth-order valence-corrected chi connectivity index (χ4v) is 3.16. The zero-order valence-corrected chi connectivity index (χ0v) is 11.2. The highest BCUT2D eigenvalue weighted by atomic mass is 19.3. The van der Waals surface area contributed by atoms with E-state index in [-0.39, 0.29) is 0 Å². The summed E-state index contributed by atoms with van der Waals surface area (Å²) in [5.74, 6) is 0. The van der Waals surface area contributed by atoms with Crippen LogP contribution >= 0.6 is 0 Å². The molecule has 0 N–H and O–H groups in total. The van der Waals surface area contributed by atoms with Gasteiger partial charge in [0.25, 0.3) is 6.43 Å². The Morgan fingerprint density at radius 3 is 2.89 bits per heavy atom. The second kappa shape index (κ2) is 6.78. The maximum absolute atomic E-state index is 12.0. The van der Waals surface area contributed by atoms with E-state index in [0.717, 1.165) is 26.1 Å². The summed E-state index contributed by atoms with van der Waals surface area (Å²) in [4.78, 5) is 5.02. The predicted octanol–water partition coefficient (Wildman–Crippen LogP) is 1.83. The molecule has 2 heterocycles. The number of fused-ring (bicyclic) bond motifs is 1. The van der Waals surface area contributed by atoms with Crippen molar-refractivity contribution in [1.82, 2.24) is 9.80 Å². The number of alkyl halides is 2. The first-order valence-electron chi connectivity index (χ1n) is 7.04. The molecule has 0 aliphatic carbocycles. The van der Waals surface area contributed by atoms with E-state index >= 15 is 0 Å². The number of hydrogen-bond acceptors (Lipinski definition) is 3. The van der Waals surface area contributed by atoms with Crippen LogP contribution in [0.15, 0.2) is 0 Å². The smallest absolute Gasteiger partial charge is 0.261 e. The molecule has 0 amide bonds. The summed E-state index contributed by atoms with van der Waals surface area (Å²) in [6.07, 6.45) is 1.36. The lowest BCUT2D eigenvalue weighted by Gasteiger charge is -2.43. The quantitative estimate of drug-likeness (QED) is 0.679. The molecule has 0 saturated carbocycles. The average Bonchev–Trinajstić information content (AvgIpc) is 2.80. The molecule has 0 aromatic heterocycles. The summed E-state index contributed by atoms with van der Waals surface area (Å²) >= 11 is 0. The lowest BCUT2D eigenvalue weighted by atomic mass is 10.1. The number of piperazine rings is 1. The van der Waals surface area contributed by atoms with E-state index in [1.54, 1.807) is 0 Å². The van der Waals surface area contributed by atoms with Crippen molar-refractivity contribution in [2.24, 2.45) is 0 Å². The third-order valence-corrected chi connectivity index (χ3v) is 4.14. The first kappa shape index (κ1) is 14.2. The van der Waals surface area contributed by atoms with E-state index in [2.05, 4.69) is 16.7 Å². The van der Waals surface area contributed by atoms with Crippen LogP contribution in [0.2, 0.25) is 0 Å². The SMILES string of the molecule is CCC1CN2CCCC2CN1CCOCC(F)F. The topological polar surface area (TPSA) is 15.7 Å². The zero-order chi connectivity index (χ0) is 13.0. The Morgan fingerprint density at radius 2 is 2.17 bits per heavy atom. The zero-order valence-electron chi connectivity index (χ0n) is 11.2. The Labute approximate surface area is 108 Å². The van der Waals surface area contributed by atoms with Crippen LogP contribution in [-0.4, -0.2) is 67.7 Å². The molecule has 3 nitrogen and oxygen atoms in total. The third kappa shape index (κ3) is 3.62. The summed E-state index contributed by atoms with van der Waals surface area (Å²) in [5.41, 5.74) is 0. The second-order valence-corrected chi connectivity index (χ2v) is 5.31. The van der Waals surface area contributed by atoms with Gasteiger partial charge in [-0.05, 0) is 25.8 Å². The number of halogens is 2. The number of rotatable bonds is 6. The van der Waals surface area contributed by atoms with Crippen LogP contribution < -0.4 is 0 Å². The Hall–Kier alpha value is -0.260. The van der Waals surface area contributed by atoms with Gasteiger partial charge in [-0.1, -0.05) is 6.92 Å². The minimum absolute atomic E-state index is 0.424. The number of hydrogen-bond donors (Lipinski definition) is 0. The predicted molar refractivity (Wildman–Crippen MR) is 67.1 cm³/mol. The van der Waals surface area contributed by atoms with Gasteiger partial charge < -0.3 is 4.74 Å². The first-order chi connectivity index (χ1) is 8.70. The van der Waals surface area contributed by atoms with E-state index in [0.29, 0.717) is 18.7 Å². The van der Waals surface area contributed by atoms with Gasteiger partial charge in [-0.15, -0.1) is 0 Å². The molecular weight excluding hydrogens is 238 g/mol. The molecule has 2 rings (SSSR count). The monoisotopic (exact) mass is 262 g/mol. The highest BCUT2D eigenvalue weighted by molar-refractivity contribution is 4.91. The van der Waals surface area contributed by atoms with Crippen LogP contribution in [-0.2, 0) is 4.74 Å². The average molecular weight is 262 g/mol. The molecule has 2 saturated heterocycles. The van der Waals surface area contributed by atoms with Gasteiger partial charge in [-0.3, -0.25) is 9.80 Å². The molecule has 5 heteroatoms.